The highest BCUT2D eigenvalue weighted by Gasteiger charge is 2.40. The number of nitrogens with two attached hydrogens (primary N) is 1. The number of thioether (sulfide) groups is 1. The number of carbonyl (C=O) groups excluding carboxylic acids is 1. The van der Waals surface area contributed by atoms with Gasteiger partial charge < -0.3 is 10.8 Å². The second-order valence-electron chi connectivity index (χ2n) is 8.26. The van der Waals surface area contributed by atoms with Crippen LogP contribution in [0.2, 0.25) is 0 Å². The van der Waals surface area contributed by atoms with E-state index in [1.54, 1.807) is 66.1 Å². The summed E-state index contributed by atoms with van der Waals surface area (Å²) >= 11 is 4.27. The predicted molar refractivity (Wildman–Crippen MR) is 154 cm³/mol. The number of nitrogens with one attached hydrogen (secondary N) is 1. The zero-order valence-corrected chi connectivity index (χ0v) is 23.2. The van der Waals surface area contributed by atoms with E-state index in [1.165, 1.54) is 23.1 Å². The molecule has 0 saturated carbocycles. The largest absolute Gasteiger partial charge is 0.480 e. The maximum Gasteiger partial charge on any atom is 0.328 e. The summed E-state index contributed by atoms with van der Waals surface area (Å²) in [7, 11) is -1.48. The first-order valence-electron chi connectivity index (χ1n) is 11.3. The number of Topliss-reactive ketones (excluding diaryl/α,β-unsaturated/α-hetero) is 1. The van der Waals surface area contributed by atoms with Gasteiger partial charge in [0, 0.05) is 22.5 Å². The lowest BCUT2D eigenvalue weighted by Crippen LogP contribution is -2.48. The molecule has 0 spiro atoms. The van der Waals surface area contributed by atoms with E-state index >= 15 is 0 Å². The van der Waals surface area contributed by atoms with Gasteiger partial charge in [-0.1, -0.05) is 60.7 Å². The first kappa shape index (κ1) is 27.4. The Morgan fingerprint density at radius 1 is 1.03 bits per heavy atom. The van der Waals surface area contributed by atoms with E-state index in [-0.39, 0.29) is 12.2 Å². The molecule has 0 aliphatic rings. The number of carboxylic acids is 1. The second kappa shape index (κ2) is 12.3. The number of carbonyl (C=O) groups is 2. The quantitative estimate of drug-likeness (QED) is 0.193. The second-order valence-corrected chi connectivity index (χ2v) is 12.5. The Bertz CT molecular complexity index is 1390. The van der Waals surface area contributed by atoms with Gasteiger partial charge in [-0.05, 0) is 41.1 Å². The smallest absolute Gasteiger partial charge is 0.328 e. The number of rotatable bonds is 12. The zero-order chi connectivity index (χ0) is 26.4. The first-order valence-corrected chi connectivity index (χ1v) is 15.5. The summed E-state index contributed by atoms with van der Waals surface area (Å²) in [5, 5.41) is 13.1. The third kappa shape index (κ3) is 6.11. The Balaban J connectivity index is 1.63. The molecule has 0 amide bonds. The molecule has 3 atom stereocenters. The fraction of sp³-hybridized carbons (Fsp3) is 0.185. The lowest BCUT2D eigenvalue weighted by molar-refractivity contribution is -0.144. The van der Waals surface area contributed by atoms with Gasteiger partial charge in [0.25, 0.3) is 0 Å². The van der Waals surface area contributed by atoms with Crippen molar-refractivity contribution in [1.29, 1.82) is 0 Å². The SMILES string of the molecule is CSC(C[C@](N)(C(=O)O)c1ccccc1)C(=O)c1ccccc1-c1sccc1S(=O)NCc1cccs1. The summed E-state index contributed by atoms with van der Waals surface area (Å²) in [6.45, 7) is 0.474. The van der Waals surface area contributed by atoms with Crippen LogP contribution in [-0.4, -0.2) is 32.6 Å². The fourth-order valence-corrected chi connectivity index (χ4v) is 7.68. The summed E-state index contributed by atoms with van der Waals surface area (Å²) in [6, 6.07) is 21.5. The minimum Gasteiger partial charge on any atom is -0.480 e. The zero-order valence-electron chi connectivity index (χ0n) is 20.0. The number of hydrogen-bond donors (Lipinski definition) is 3. The van der Waals surface area contributed by atoms with Gasteiger partial charge in [-0.25, -0.2) is 13.7 Å². The Morgan fingerprint density at radius 3 is 2.43 bits per heavy atom. The average Bonchev–Trinajstić information content (AvgIpc) is 3.63. The number of hydrogen-bond acceptors (Lipinski definition) is 7. The molecule has 6 nitrogen and oxygen atoms in total. The Hall–Kier alpha value is -2.60. The molecule has 2 heterocycles. The van der Waals surface area contributed by atoms with E-state index in [4.69, 9.17) is 5.73 Å². The average molecular weight is 571 g/mol. The standard InChI is InChI=1S/C27H26N2O4S4/c1-34-22(16-27(28,26(31)32)18-8-3-2-4-9-18)24(30)20-11-5-6-12-21(20)25-23(13-15-36-25)37(33)29-17-19-10-7-14-35-19/h2-15,22,29H,16-17,28H2,1H3,(H,31,32)/t22?,27-,37?/m1/s1. The summed E-state index contributed by atoms with van der Waals surface area (Å²) in [6.07, 6.45) is 1.70. The van der Waals surface area contributed by atoms with Crippen molar-refractivity contribution in [1.82, 2.24) is 4.72 Å². The van der Waals surface area contributed by atoms with E-state index in [9.17, 15) is 18.9 Å². The number of aliphatic carboxylic acids is 1. The topological polar surface area (TPSA) is 109 Å². The van der Waals surface area contributed by atoms with Crippen molar-refractivity contribution in [2.45, 2.75) is 28.6 Å². The van der Waals surface area contributed by atoms with Gasteiger partial charge >= 0.3 is 5.97 Å². The molecule has 0 aliphatic carbocycles. The van der Waals surface area contributed by atoms with Crippen LogP contribution in [0.4, 0.5) is 0 Å². The molecule has 2 aromatic carbocycles. The molecule has 2 aromatic heterocycles. The molecule has 10 heteroatoms. The van der Waals surface area contributed by atoms with Crippen LogP contribution in [0.25, 0.3) is 10.4 Å². The van der Waals surface area contributed by atoms with Crippen molar-refractivity contribution in [3.8, 4) is 10.4 Å². The van der Waals surface area contributed by atoms with Gasteiger partial charge in [0.2, 0.25) is 0 Å². The van der Waals surface area contributed by atoms with Crippen LogP contribution < -0.4 is 10.5 Å². The lowest BCUT2D eigenvalue weighted by Gasteiger charge is -2.29. The third-order valence-electron chi connectivity index (χ3n) is 5.98. The molecule has 0 saturated heterocycles. The number of ketones is 1. The summed E-state index contributed by atoms with van der Waals surface area (Å²) in [5.41, 5.74) is 6.25. The van der Waals surface area contributed by atoms with Crippen LogP contribution >= 0.6 is 34.4 Å². The van der Waals surface area contributed by atoms with Gasteiger partial charge in [0.05, 0.1) is 15.0 Å². The minimum atomic E-state index is -1.72. The van der Waals surface area contributed by atoms with Crippen molar-refractivity contribution in [2.75, 3.05) is 6.26 Å². The maximum atomic E-state index is 13.8. The Morgan fingerprint density at radius 2 is 1.76 bits per heavy atom. The van der Waals surface area contributed by atoms with E-state index in [2.05, 4.69) is 4.72 Å². The molecule has 37 heavy (non-hydrogen) atoms. The van der Waals surface area contributed by atoms with Crippen LogP contribution in [0.5, 0.6) is 0 Å². The van der Waals surface area contributed by atoms with Crippen molar-refractivity contribution in [3.63, 3.8) is 0 Å². The molecular weight excluding hydrogens is 545 g/mol. The molecule has 0 aliphatic heterocycles. The van der Waals surface area contributed by atoms with Crippen LogP contribution in [0.1, 0.15) is 27.2 Å². The lowest BCUT2D eigenvalue weighted by atomic mass is 9.84. The molecule has 0 fully saturated rings. The molecular formula is C27H26N2O4S4. The third-order valence-corrected chi connectivity index (χ3v) is 10.0. The van der Waals surface area contributed by atoms with E-state index in [1.807, 2.05) is 35.0 Å². The molecule has 0 bridgehead atoms. The van der Waals surface area contributed by atoms with Gasteiger partial charge in [0.1, 0.15) is 16.5 Å². The molecule has 4 N–H and O–H groups in total. The van der Waals surface area contributed by atoms with Gasteiger partial charge in [-0.2, -0.15) is 11.8 Å². The number of thiophene rings is 2. The van der Waals surface area contributed by atoms with E-state index in [0.717, 1.165) is 9.75 Å². The van der Waals surface area contributed by atoms with Crippen LogP contribution in [0, 0.1) is 0 Å². The molecule has 192 valence electrons. The number of carboxylic acid groups (broad SMARTS) is 1. The molecule has 4 rings (SSSR count). The highest BCUT2D eigenvalue weighted by atomic mass is 32.2. The van der Waals surface area contributed by atoms with Gasteiger partial charge in [-0.15, -0.1) is 22.7 Å². The Labute approximate surface area is 230 Å². The highest BCUT2D eigenvalue weighted by Crippen LogP contribution is 2.37. The Kier molecular flexibility index (Phi) is 9.12. The van der Waals surface area contributed by atoms with Gasteiger partial charge in [-0.3, -0.25) is 4.79 Å². The van der Waals surface area contributed by atoms with Crippen molar-refractivity contribution < 1.29 is 18.9 Å². The van der Waals surface area contributed by atoms with Crippen LogP contribution in [0.3, 0.4) is 0 Å². The first-order chi connectivity index (χ1) is 17.8. The van der Waals surface area contributed by atoms with E-state index in [0.29, 0.717) is 28.1 Å². The monoisotopic (exact) mass is 570 g/mol. The maximum absolute atomic E-state index is 13.8. The fourth-order valence-electron chi connectivity index (χ4n) is 3.98. The van der Waals surface area contributed by atoms with Gasteiger partial charge in [0.15, 0.2) is 5.78 Å². The van der Waals surface area contributed by atoms with Crippen molar-refractivity contribution in [2.24, 2.45) is 5.73 Å². The van der Waals surface area contributed by atoms with Crippen molar-refractivity contribution >= 4 is 57.2 Å². The molecule has 4 aromatic rings. The number of benzene rings is 2. The predicted octanol–water partition coefficient (Wildman–Crippen LogP) is 5.53. The minimum absolute atomic E-state index is 0.0771. The summed E-state index contributed by atoms with van der Waals surface area (Å²) in [5.74, 6) is -1.40. The highest BCUT2D eigenvalue weighted by molar-refractivity contribution is 8.00. The summed E-state index contributed by atoms with van der Waals surface area (Å²) < 4.78 is 16.2. The van der Waals surface area contributed by atoms with Crippen LogP contribution in [0.15, 0.2) is 88.5 Å². The van der Waals surface area contributed by atoms with Crippen molar-refractivity contribution in [3.05, 3.63) is 99.6 Å². The van der Waals surface area contributed by atoms with Crippen LogP contribution in [-0.2, 0) is 27.9 Å². The molecule has 2 unspecified atom stereocenters. The van der Waals surface area contributed by atoms with E-state index < -0.39 is 27.7 Å². The summed E-state index contributed by atoms with van der Waals surface area (Å²) in [4.78, 5) is 28.5. The normalized spacial score (nSPS) is 14.5. The molecule has 0 radical (unpaired) electrons.